The molecule has 0 amide bonds. The smallest absolute Gasteiger partial charge is 0.140 e. The molecule has 0 radical (unpaired) electrons. The minimum Gasteiger partial charge on any atom is -0.508 e. The van der Waals surface area contributed by atoms with E-state index in [1.165, 1.54) is 5.69 Å². The normalized spacial score (nSPS) is 19.0. The molecule has 3 rings (SSSR count). The Morgan fingerprint density at radius 3 is 3.12 bits per heavy atom. The summed E-state index contributed by atoms with van der Waals surface area (Å²) in [7, 11) is 0. The van der Waals surface area contributed by atoms with Crippen molar-refractivity contribution in [1.29, 1.82) is 0 Å². The van der Waals surface area contributed by atoms with Gasteiger partial charge in [0, 0.05) is 36.5 Å². The van der Waals surface area contributed by atoms with Crippen LogP contribution in [0.5, 0.6) is 5.75 Å². The van der Waals surface area contributed by atoms with Crippen LogP contribution in [-0.2, 0) is 13.0 Å². The van der Waals surface area contributed by atoms with Gasteiger partial charge in [-0.2, -0.15) is 0 Å². The van der Waals surface area contributed by atoms with Crippen molar-refractivity contribution in [2.75, 3.05) is 0 Å². The van der Waals surface area contributed by atoms with Gasteiger partial charge in [-0.1, -0.05) is 12.1 Å². The van der Waals surface area contributed by atoms with Crippen molar-refractivity contribution in [3.8, 4) is 17.1 Å². The Kier molecular flexibility index (Phi) is 2.37. The summed E-state index contributed by atoms with van der Waals surface area (Å²) in [6, 6.07) is 7.45. The topological polar surface area (TPSA) is 64.1 Å². The zero-order valence-corrected chi connectivity index (χ0v) is 9.50. The Hall–Kier alpha value is -1.81. The fourth-order valence-corrected chi connectivity index (χ4v) is 2.36. The summed E-state index contributed by atoms with van der Waals surface area (Å²) in [6.07, 6.45) is 3.75. The summed E-state index contributed by atoms with van der Waals surface area (Å²) in [4.78, 5) is 4.44. The molecule has 2 heterocycles. The van der Waals surface area contributed by atoms with E-state index in [4.69, 9.17) is 5.73 Å². The van der Waals surface area contributed by atoms with Gasteiger partial charge in [0.25, 0.3) is 0 Å². The SMILES string of the molecule is NC1CCn2c(cnc2-c2cccc(O)c2)C1. The molecule has 3 N–H and O–H groups in total. The molecule has 1 atom stereocenters. The summed E-state index contributed by atoms with van der Waals surface area (Å²) in [5.41, 5.74) is 8.07. The van der Waals surface area contributed by atoms with Gasteiger partial charge in [-0.15, -0.1) is 0 Å². The van der Waals surface area contributed by atoms with Crippen LogP contribution in [-0.4, -0.2) is 20.7 Å². The molecule has 2 aromatic rings. The molecule has 1 aromatic carbocycles. The van der Waals surface area contributed by atoms with Gasteiger partial charge in [-0.3, -0.25) is 0 Å². The molecule has 0 saturated heterocycles. The van der Waals surface area contributed by atoms with E-state index in [9.17, 15) is 5.11 Å². The van der Waals surface area contributed by atoms with Crippen LogP contribution in [0.1, 0.15) is 12.1 Å². The van der Waals surface area contributed by atoms with E-state index in [2.05, 4.69) is 9.55 Å². The van der Waals surface area contributed by atoms with E-state index in [0.29, 0.717) is 0 Å². The van der Waals surface area contributed by atoms with Crippen LogP contribution in [0.25, 0.3) is 11.4 Å². The van der Waals surface area contributed by atoms with Gasteiger partial charge in [0.15, 0.2) is 0 Å². The number of phenolic OH excluding ortho intramolecular Hbond substituents is 1. The zero-order chi connectivity index (χ0) is 11.8. The summed E-state index contributed by atoms with van der Waals surface area (Å²) < 4.78 is 2.19. The van der Waals surface area contributed by atoms with Crippen molar-refractivity contribution in [3.05, 3.63) is 36.2 Å². The number of phenols is 1. The Balaban J connectivity index is 2.05. The Morgan fingerprint density at radius 2 is 2.29 bits per heavy atom. The minimum absolute atomic E-state index is 0.247. The first-order valence-corrected chi connectivity index (χ1v) is 5.83. The third kappa shape index (κ3) is 1.80. The minimum atomic E-state index is 0.247. The molecular weight excluding hydrogens is 214 g/mol. The average Bonchev–Trinajstić information content (AvgIpc) is 2.71. The maximum atomic E-state index is 9.50. The number of nitrogens with two attached hydrogens (primary N) is 1. The van der Waals surface area contributed by atoms with Gasteiger partial charge in [-0.05, 0) is 18.6 Å². The maximum absolute atomic E-state index is 9.50. The zero-order valence-electron chi connectivity index (χ0n) is 9.50. The highest BCUT2D eigenvalue weighted by Gasteiger charge is 2.19. The number of hydrogen-bond acceptors (Lipinski definition) is 3. The van der Waals surface area contributed by atoms with Gasteiger partial charge in [0.2, 0.25) is 0 Å². The van der Waals surface area contributed by atoms with Gasteiger partial charge in [-0.25, -0.2) is 4.98 Å². The van der Waals surface area contributed by atoms with E-state index in [-0.39, 0.29) is 11.8 Å². The first kappa shape index (κ1) is 10.4. The lowest BCUT2D eigenvalue weighted by molar-refractivity contribution is 0.471. The highest BCUT2D eigenvalue weighted by molar-refractivity contribution is 5.58. The quantitative estimate of drug-likeness (QED) is 0.779. The second-order valence-electron chi connectivity index (χ2n) is 4.53. The average molecular weight is 229 g/mol. The molecule has 17 heavy (non-hydrogen) atoms. The number of aromatic nitrogens is 2. The molecule has 1 aliphatic heterocycles. The second-order valence-corrected chi connectivity index (χ2v) is 4.53. The summed E-state index contributed by atoms with van der Waals surface area (Å²) in [5.74, 6) is 1.19. The molecule has 1 aromatic heterocycles. The van der Waals surface area contributed by atoms with Crippen LogP contribution >= 0.6 is 0 Å². The molecule has 1 unspecified atom stereocenters. The molecule has 4 heteroatoms. The van der Waals surface area contributed by atoms with Gasteiger partial charge < -0.3 is 15.4 Å². The van der Waals surface area contributed by atoms with Gasteiger partial charge >= 0.3 is 0 Å². The summed E-state index contributed by atoms with van der Waals surface area (Å²) >= 11 is 0. The van der Waals surface area contributed by atoms with Crippen LogP contribution in [0, 0.1) is 0 Å². The largest absolute Gasteiger partial charge is 0.508 e. The highest BCUT2D eigenvalue weighted by atomic mass is 16.3. The van der Waals surface area contributed by atoms with Crippen LogP contribution in [0.3, 0.4) is 0 Å². The van der Waals surface area contributed by atoms with Crippen LogP contribution in [0.4, 0.5) is 0 Å². The lowest BCUT2D eigenvalue weighted by Gasteiger charge is -2.21. The predicted octanol–water partition coefficient (Wildman–Crippen LogP) is 1.53. The van der Waals surface area contributed by atoms with E-state index < -0.39 is 0 Å². The van der Waals surface area contributed by atoms with Crippen molar-refractivity contribution in [3.63, 3.8) is 0 Å². The highest BCUT2D eigenvalue weighted by Crippen LogP contribution is 2.26. The second kappa shape index (κ2) is 3.89. The fourth-order valence-electron chi connectivity index (χ4n) is 2.36. The first-order chi connectivity index (χ1) is 8.24. The Bertz CT molecular complexity index is 547. The molecule has 0 aliphatic carbocycles. The molecule has 1 aliphatic rings. The first-order valence-electron chi connectivity index (χ1n) is 5.83. The molecule has 0 spiro atoms. The fraction of sp³-hybridized carbons (Fsp3) is 0.308. The number of imidazole rings is 1. The number of aromatic hydroxyl groups is 1. The summed E-state index contributed by atoms with van der Waals surface area (Å²) in [5, 5.41) is 9.50. The third-order valence-corrected chi connectivity index (χ3v) is 3.24. The number of benzene rings is 1. The number of nitrogens with zero attached hydrogens (tertiary/aromatic N) is 2. The van der Waals surface area contributed by atoms with Crippen LogP contribution in [0.15, 0.2) is 30.5 Å². The van der Waals surface area contributed by atoms with E-state index in [1.54, 1.807) is 12.1 Å². The van der Waals surface area contributed by atoms with Crippen LogP contribution < -0.4 is 5.73 Å². The lowest BCUT2D eigenvalue weighted by atomic mass is 10.1. The van der Waals surface area contributed by atoms with E-state index in [0.717, 1.165) is 30.8 Å². The van der Waals surface area contributed by atoms with Crippen molar-refractivity contribution >= 4 is 0 Å². The van der Waals surface area contributed by atoms with E-state index in [1.807, 2.05) is 18.3 Å². The van der Waals surface area contributed by atoms with Crippen LogP contribution in [0.2, 0.25) is 0 Å². The molecule has 0 fully saturated rings. The van der Waals surface area contributed by atoms with Crippen molar-refractivity contribution in [1.82, 2.24) is 9.55 Å². The summed E-state index contributed by atoms with van der Waals surface area (Å²) in [6.45, 7) is 0.904. The maximum Gasteiger partial charge on any atom is 0.140 e. The number of fused-ring (bicyclic) bond motifs is 1. The Morgan fingerprint density at radius 1 is 1.41 bits per heavy atom. The third-order valence-electron chi connectivity index (χ3n) is 3.24. The lowest BCUT2D eigenvalue weighted by Crippen LogP contribution is -2.30. The van der Waals surface area contributed by atoms with Gasteiger partial charge in [0.05, 0.1) is 0 Å². The monoisotopic (exact) mass is 229 g/mol. The van der Waals surface area contributed by atoms with Crippen molar-refractivity contribution < 1.29 is 5.11 Å². The van der Waals surface area contributed by atoms with Crippen molar-refractivity contribution in [2.24, 2.45) is 5.73 Å². The number of rotatable bonds is 1. The Labute approximate surface area is 99.7 Å². The van der Waals surface area contributed by atoms with E-state index >= 15 is 0 Å². The molecule has 4 nitrogen and oxygen atoms in total. The predicted molar refractivity (Wildman–Crippen MR) is 65.6 cm³/mol. The molecule has 88 valence electrons. The molecule has 0 saturated carbocycles. The van der Waals surface area contributed by atoms with Crippen molar-refractivity contribution in [2.45, 2.75) is 25.4 Å². The molecular formula is C13H15N3O. The molecule has 0 bridgehead atoms. The standard InChI is InChI=1S/C13H15N3O/c14-10-4-5-16-11(7-10)8-15-13(16)9-2-1-3-12(17)6-9/h1-3,6,8,10,17H,4-5,7,14H2. The number of hydrogen-bond donors (Lipinski definition) is 2. The van der Waals surface area contributed by atoms with Gasteiger partial charge in [0.1, 0.15) is 11.6 Å².